The summed E-state index contributed by atoms with van der Waals surface area (Å²) < 4.78 is 0. The van der Waals surface area contributed by atoms with Crippen molar-refractivity contribution < 1.29 is 0 Å². The molecule has 3 rings (SSSR count). The number of hydrogen-bond donors (Lipinski definition) is 0. The van der Waals surface area contributed by atoms with Crippen LogP contribution in [0, 0.1) is 5.41 Å². The van der Waals surface area contributed by atoms with Gasteiger partial charge in [0.25, 0.3) is 0 Å². The van der Waals surface area contributed by atoms with Crippen molar-refractivity contribution in [1.82, 2.24) is 0 Å². The van der Waals surface area contributed by atoms with Crippen LogP contribution in [-0.4, -0.2) is 0 Å². The monoisotopic (exact) mass is 204 g/mol. The Balaban J connectivity index is 1.80. The molecule has 1 aromatic rings. The quantitative estimate of drug-likeness (QED) is 0.603. The smallest absolute Gasteiger partial charge is 0.0406 e. The summed E-state index contributed by atoms with van der Waals surface area (Å²) in [5.74, 6) is 0.783. The van der Waals surface area contributed by atoms with E-state index < -0.39 is 0 Å². The summed E-state index contributed by atoms with van der Waals surface area (Å²) in [5.41, 5.74) is 3.51. The van der Waals surface area contributed by atoms with Gasteiger partial charge in [0.15, 0.2) is 0 Å². The van der Waals surface area contributed by atoms with Crippen molar-refractivity contribution in [2.75, 3.05) is 0 Å². The van der Waals surface area contributed by atoms with E-state index in [0.29, 0.717) is 5.41 Å². The minimum absolute atomic E-state index is 0.616. The molecule has 1 unspecified atom stereocenters. The number of rotatable bonds is 1. The summed E-state index contributed by atoms with van der Waals surface area (Å²) in [6, 6.07) is 8.33. The van der Waals surface area contributed by atoms with Gasteiger partial charge < -0.3 is 0 Å². The fourth-order valence-corrected chi connectivity index (χ4v) is 2.97. The van der Waals surface area contributed by atoms with Crippen molar-refractivity contribution in [3.63, 3.8) is 0 Å². The minimum atomic E-state index is 0.616. The predicted molar refractivity (Wildman–Crippen MR) is 59.6 cm³/mol. The third-order valence-corrected chi connectivity index (χ3v) is 3.92. The minimum Gasteiger partial charge on any atom is -0.0998 e. The molecule has 2 fully saturated rings. The molecule has 14 heavy (non-hydrogen) atoms. The highest BCUT2D eigenvalue weighted by atomic mass is 35.5. The second-order valence-corrected chi connectivity index (χ2v) is 5.21. The summed E-state index contributed by atoms with van der Waals surface area (Å²) in [6.07, 6.45) is 3.86. The molecule has 2 aliphatic carbocycles. The van der Waals surface area contributed by atoms with E-state index in [1.807, 2.05) is 12.1 Å². The molecular formula is C13H13Cl. The van der Waals surface area contributed by atoms with Gasteiger partial charge in [0.1, 0.15) is 0 Å². The summed E-state index contributed by atoms with van der Waals surface area (Å²) >= 11 is 5.86. The number of hydrogen-bond acceptors (Lipinski definition) is 0. The van der Waals surface area contributed by atoms with E-state index in [9.17, 15) is 0 Å². The highest BCUT2D eigenvalue weighted by molar-refractivity contribution is 6.30. The van der Waals surface area contributed by atoms with Crippen LogP contribution in [0.5, 0.6) is 0 Å². The molecule has 0 bridgehead atoms. The number of halogens is 1. The molecule has 0 nitrogen and oxygen atoms in total. The van der Waals surface area contributed by atoms with E-state index >= 15 is 0 Å². The maximum absolute atomic E-state index is 5.86. The molecule has 1 aromatic carbocycles. The fraction of sp³-hybridized carbons (Fsp3) is 0.385. The largest absolute Gasteiger partial charge is 0.0998 e. The molecule has 0 aromatic heterocycles. The molecule has 0 saturated heterocycles. The molecule has 72 valence electrons. The second-order valence-electron chi connectivity index (χ2n) is 4.77. The van der Waals surface area contributed by atoms with Gasteiger partial charge in [-0.3, -0.25) is 0 Å². The second kappa shape index (κ2) is 2.64. The average Bonchev–Trinajstić information content (AvgIpc) is 2.81. The van der Waals surface area contributed by atoms with E-state index in [4.69, 9.17) is 11.6 Å². The molecule has 0 heterocycles. The Morgan fingerprint density at radius 1 is 1.21 bits per heavy atom. The average molecular weight is 205 g/mol. The van der Waals surface area contributed by atoms with Gasteiger partial charge in [0, 0.05) is 5.02 Å². The van der Waals surface area contributed by atoms with Crippen LogP contribution >= 0.6 is 11.6 Å². The molecular weight excluding hydrogens is 192 g/mol. The lowest BCUT2D eigenvalue weighted by Crippen LogP contribution is -2.16. The zero-order chi connectivity index (χ0) is 9.76. The lowest BCUT2D eigenvalue weighted by Gasteiger charge is -2.30. The maximum atomic E-state index is 5.86. The third kappa shape index (κ3) is 1.14. The first-order valence-corrected chi connectivity index (χ1v) is 5.50. The third-order valence-electron chi connectivity index (χ3n) is 3.67. The maximum Gasteiger partial charge on any atom is 0.0406 e. The summed E-state index contributed by atoms with van der Waals surface area (Å²) in [7, 11) is 0. The first kappa shape index (κ1) is 8.55. The Labute approximate surface area is 89.6 Å². The van der Waals surface area contributed by atoms with Crippen molar-refractivity contribution in [3.05, 3.63) is 47.0 Å². The van der Waals surface area contributed by atoms with Gasteiger partial charge in [-0.15, -0.1) is 0 Å². The van der Waals surface area contributed by atoms with Gasteiger partial charge in [-0.1, -0.05) is 35.9 Å². The SMILES string of the molecule is C=C1CC2(C1)CC2c1ccc(Cl)cc1. The summed E-state index contributed by atoms with van der Waals surface area (Å²) in [4.78, 5) is 0. The molecule has 1 atom stereocenters. The Morgan fingerprint density at radius 3 is 2.43 bits per heavy atom. The van der Waals surface area contributed by atoms with Gasteiger partial charge in [0.2, 0.25) is 0 Å². The van der Waals surface area contributed by atoms with Gasteiger partial charge in [-0.2, -0.15) is 0 Å². The summed E-state index contributed by atoms with van der Waals surface area (Å²) in [6.45, 7) is 4.02. The van der Waals surface area contributed by atoms with E-state index in [2.05, 4.69) is 18.7 Å². The van der Waals surface area contributed by atoms with Gasteiger partial charge in [-0.25, -0.2) is 0 Å². The zero-order valence-electron chi connectivity index (χ0n) is 8.09. The molecule has 2 aliphatic rings. The van der Waals surface area contributed by atoms with Crippen molar-refractivity contribution in [3.8, 4) is 0 Å². The predicted octanol–water partition coefficient (Wildman–Crippen LogP) is 4.16. The Hall–Kier alpha value is -0.750. The van der Waals surface area contributed by atoms with E-state index in [-0.39, 0.29) is 0 Å². The highest BCUT2D eigenvalue weighted by Gasteiger charge is 2.59. The zero-order valence-corrected chi connectivity index (χ0v) is 8.85. The van der Waals surface area contributed by atoms with Gasteiger partial charge >= 0.3 is 0 Å². The highest BCUT2D eigenvalue weighted by Crippen LogP contribution is 2.71. The molecule has 0 radical (unpaired) electrons. The standard InChI is InChI=1S/C13H13Cl/c1-9-6-13(7-9)8-12(13)10-2-4-11(14)5-3-10/h2-5,12H,1,6-8H2. The van der Waals surface area contributed by atoms with Crippen LogP contribution in [0.4, 0.5) is 0 Å². The van der Waals surface area contributed by atoms with Crippen LogP contribution in [-0.2, 0) is 0 Å². The van der Waals surface area contributed by atoms with Crippen molar-refractivity contribution in [2.24, 2.45) is 5.41 Å². The molecule has 2 saturated carbocycles. The molecule has 0 amide bonds. The van der Waals surface area contributed by atoms with E-state index in [1.54, 1.807) is 0 Å². The van der Waals surface area contributed by atoms with Crippen LogP contribution in [0.15, 0.2) is 36.4 Å². The number of allylic oxidation sites excluding steroid dienone is 1. The first-order chi connectivity index (χ1) is 6.70. The number of benzene rings is 1. The van der Waals surface area contributed by atoms with Crippen molar-refractivity contribution in [2.45, 2.75) is 25.2 Å². The normalized spacial score (nSPS) is 27.5. The van der Waals surface area contributed by atoms with Gasteiger partial charge in [-0.05, 0) is 48.3 Å². The fourth-order valence-electron chi connectivity index (χ4n) is 2.85. The van der Waals surface area contributed by atoms with E-state index in [0.717, 1.165) is 10.9 Å². The Morgan fingerprint density at radius 2 is 1.86 bits per heavy atom. The molecule has 0 N–H and O–H groups in total. The Kier molecular flexibility index (Phi) is 1.61. The molecule has 1 heteroatoms. The van der Waals surface area contributed by atoms with E-state index in [1.165, 1.54) is 30.4 Å². The topological polar surface area (TPSA) is 0 Å². The van der Waals surface area contributed by atoms with Crippen LogP contribution in [0.3, 0.4) is 0 Å². The van der Waals surface area contributed by atoms with Gasteiger partial charge in [0.05, 0.1) is 0 Å². The van der Waals surface area contributed by atoms with Crippen LogP contribution in [0.2, 0.25) is 5.02 Å². The Bertz CT molecular complexity index is 380. The van der Waals surface area contributed by atoms with Crippen LogP contribution in [0.25, 0.3) is 0 Å². The summed E-state index contributed by atoms with van der Waals surface area (Å²) in [5, 5.41) is 0.835. The first-order valence-electron chi connectivity index (χ1n) is 5.12. The lowest BCUT2D eigenvalue weighted by atomic mass is 9.75. The van der Waals surface area contributed by atoms with Crippen molar-refractivity contribution in [1.29, 1.82) is 0 Å². The van der Waals surface area contributed by atoms with Crippen LogP contribution in [0.1, 0.15) is 30.7 Å². The van der Waals surface area contributed by atoms with Crippen LogP contribution < -0.4 is 0 Å². The lowest BCUT2D eigenvalue weighted by molar-refractivity contribution is 0.380. The molecule has 1 spiro atoms. The molecule has 0 aliphatic heterocycles. The van der Waals surface area contributed by atoms with Crippen molar-refractivity contribution >= 4 is 11.6 Å².